The Kier molecular flexibility index (Phi) is 8.22. The van der Waals surface area contributed by atoms with Crippen molar-refractivity contribution in [2.75, 3.05) is 18.5 Å². The van der Waals surface area contributed by atoms with Gasteiger partial charge in [0.25, 0.3) is 0 Å². The van der Waals surface area contributed by atoms with Crippen LogP contribution in [0.15, 0.2) is 29.6 Å². The van der Waals surface area contributed by atoms with Gasteiger partial charge in [0.05, 0.1) is 27.8 Å². The molecule has 5 nitrogen and oxygen atoms in total. The first-order chi connectivity index (χ1) is 12.5. The number of halogens is 2. The third-order valence-corrected chi connectivity index (χ3v) is 5.07. The van der Waals surface area contributed by atoms with Crippen LogP contribution >= 0.6 is 34.5 Å². The first-order valence-electron chi connectivity index (χ1n) is 8.10. The van der Waals surface area contributed by atoms with Gasteiger partial charge in [0.1, 0.15) is 13.2 Å². The van der Waals surface area contributed by atoms with Crippen LogP contribution in [0.4, 0.5) is 11.4 Å². The van der Waals surface area contributed by atoms with Gasteiger partial charge >= 0.3 is 11.9 Å². The fourth-order valence-electron chi connectivity index (χ4n) is 2.10. The van der Waals surface area contributed by atoms with Crippen LogP contribution in [0.1, 0.15) is 24.6 Å². The molecule has 0 atom stereocenters. The average molecular weight is 416 g/mol. The molecule has 2 aromatic rings. The van der Waals surface area contributed by atoms with Gasteiger partial charge in [0.2, 0.25) is 0 Å². The lowest BCUT2D eigenvalue weighted by atomic mass is 10.2. The predicted octanol–water partition coefficient (Wildman–Crippen LogP) is 5.23. The molecule has 0 spiro atoms. The van der Waals surface area contributed by atoms with Crippen molar-refractivity contribution < 1.29 is 19.1 Å². The highest BCUT2D eigenvalue weighted by Gasteiger charge is 2.13. The zero-order chi connectivity index (χ0) is 18.9. The minimum Gasteiger partial charge on any atom is -0.462 e. The number of ether oxygens (including phenoxy) is 2. The normalized spacial score (nSPS) is 10.4. The predicted molar refractivity (Wildman–Crippen MR) is 105 cm³/mol. The Morgan fingerprint density at radius 3 is 2.54 bits per heavy atom. The van der Waals surface area contributed by atoms with Crippen molar-refractivity contribution in [3.63, 3.8) is 0 Å². The van der Waals surface area contributed by atoms with E-state index < -0.39 is 0 Å². The molecule has 140 valence electrons. The Bertz CT molecular complexity index is 763. The molecule has 0 bridgehead atoms. The van der Waals surface area contributed by atoms with Gasteiger partial charge in [-0.05, 0) is 30.0 Å². The average Bonchev–Trinajstić information content (AvgIpc) is 3.03. The Morgan fingerprint density at radius 1 is 1.08 bits per heavy atom. The van der Waals surface area contributed by atoms with Gasteiger partial charge in [-0.15, -0.1) is 11.3 Å². The van der Waals surface area contributed by atoms with Crippen molar-refractivity contribution in [3.05, 3.63) is 44.6 Å². The molecule has 0 aliphatic rings. The van der Waals surface area contributed by atoms with Crippen LogP contribution in [-0.4, -0.2) is 25.2 Å². The lowest BCUT2D eigenvalue weighted by molar-refractivity contribution is -0.151. The summed E-state index contributed by atoms with van der Waals surface area (Å²) in [6, 6.07) is 7.15. The fraction of sp³-hybridized carbons (Fsp3) is 0.333. The maximum atomic E-state index is 12.0. The van der Waals surface area contributed by atoms with E-state index >= 15 is 0 Å². The summed E-state index contributed by atoms with van der Waals surface area (Å²) >= 11 is 13.6. The molecule has 1 heterocycles. The van der Waals surface area contributed by atoms with Crippen molar-refractivity contribution in [1.29, 1.82) is 0 Å². The number of benzene rings is 1. The third-order valence-electron chi connectivity index (χ3n) is 3.33. The molecule has 1 aromatic carbocycles. The second-order valence-electron chi connectivity index (χ2n) is 5.35. The van der Waals surface area contributed by atoms with E-state index in [1.807, 2.05) is 18.4 Å². The summed E-state index contributed by atoms with van der Waals surface area (Å²) in [6.07, 6.45) is 1.20. The number of thiophene rings is 1. The highest BCUT2D eigenvalue weighted by atomic mass is 35.5. The molecule has 1 N–H and O–H groups in total. The number of rotatable bonds is 9. The minimum atomic E-state index is -0.390. The summed E-state index contributed by atoms with van der Waals surface area (Å²) in [6.45, 7) is 2.01. The molecule has 0 saturated carbocycles. The van der Waals surface area contributed by atoms with Gasteiger partial charge < -0.3 is 14.8 Å². The number of anilines is 2. The van der Waals surface area contributed by atoms with Crippen molar-refractivity contribution >= 4 is 57.9 Å². The van der Waals surface area contributed by atoms with Crippen LogP contribution in [0, 0.1) is 0 Å². The molecule has 0 amide bonds. The first kappa shape index (κ1) is 20.6. The molecule has 26 heavy (non-hydrogen) atoms. The molecule has 1 aromatic heterocycles. The molecule has 0 saturated heterocycles. The second kappa shape index (κ2) is 10.4. The zero-order valence-corrected chi connectivity index (χ0v) is 16.5. The Morgan fingerprint density at radius 2 is 1.81 bits per heavy atom. The van der Waals surface area contributed by atoms with Crippen LogP contribution in [0.2, 0.25) is 10.0 Å². The van der Waals surface area contributed by atoms with Crippen molar-refractivity contribution in [1.82, 2.24) is 0 Å². The number of esters is 2. The molecular formula is C18H19Cl2NO4S. The fourth-order valence-corrected chi connectivity index (χ4v) is 3.27. The Balaban J connectivity index is 1.85. The van der Waals surface area contributed by atoms with E-state index in [4.69, 9.17) is 32.7 Å². The summed E-state index contributed by atoms with van der Waals surface area (Å²) < 4.78 is 10.0. The summed E-state index contributed by atoms with van der Waals surface area (Å²) in [7, 11) is 0. The summed E-state index contributed by atoms with van der Waals surface area (Å²) in [5, 5.41) is 5.92. The van der Waals surface area contributed by atoms with Crippen LogP contribution in [0.5, 0.6) is 0 Å². The van der Waals surface area contributed by atoms with Gasteiger partial charge in [0.15, 0.2) is 0 Å². The molecule has 0 aliphatic carbocycles. The highest BCUT2D eigenvalue weighted by molar-refractivity contribution is 7.10. The van der Waals surface area contributed by atoms with E-state index in [-0.39, 0.29) is 31.6 Å². The largest absolute Gasteiger partial charge is 0.462 e. The lowest BCUT2D eigenvalue weighted by Gasteiger charge is -2.10. The Hall–Kier alpha value is -1.76. The van der Waals surface area contributed by atoms with Crippen molar-refractivity contribution in [2.45, 2.75) is 26.2 Å². The van der Waals surface area contributed by atoms with E-state index in [0.29, 0.717) is 22.2 Å². The maximum Gasteiger partial charge on any atom is 0.311 e. The van der Waals surface area contributed by atoms with Gasteiger partial charge in [-0.2, -0.15) is 0 Å². The quantitative estimate of drug-likeness (QED) is 0.448. The standard InChI is InChI=1S/C18H19Cl2NO4S/c1-2-4-16(22)24-8-9-25-17(23)11-15-13(7-10-26-15)21-14-6-3-5-12(19)18(14)20/h3,5-7,10,21H,2,4,8-9,11H2,1H3. The van der Waals surface area contributed by atoms with Gasteiger partial charge in [-0.25, -0.2) is 0 Å². The van der Waals surface area contributed by atoms with Gasteiger partial charge in [0, 0.05) is 11.3 Å². The second-order valence-corrected chi connectivity index (χ2v) is 7.14. The zero-order valence-electron chi connectivity index (χ0n) is 14.2. The lowest BCUT2D eigenvalue weighted by Crippen LogP contribution is -2.15. The Labute approximate surface area is 166 Å². The van der Waals surface area contributed by atoms with E-state index in [9.17, 15) is 9.59 Å². The van der Waals surface area contributed by atoms with E-state index in [0.717, 1.165) is 17.0 Å². The van der Waals surface area contributed by atoms with Gasteiger partial charge in [-0.3, -0.25) is 9.59 Å². The topological polar surface area (TPSA) is 64.6 Å². The number of hydrogen-bond donors (Lipinski definition) is 1. The molecule has 2 rings (SSSR count). The van der Waals surface area contributed by atoms with Crippen molar-refractivity contribution in [3.8, 4) is 0 Å². The van der Waals surface area contributed by atoms with E-state index in [1.54, 1.807) is 18.2 Å². The van der Waals surface area contributed by atoms with E-state index in [2.05, 4.69) is 5.32 Å². The number of nitrogens with one attached hydrogen (secondary N) is 1. The molecular weight excluding hydrogens is 397 g/mol. The number of carbonyl (C=O) groups is 2. The summed E-state index contributed by atoms with van der Waals surface area (Å²) in [5.41, 5.74) is 1.43. The summed E-state index contributed by atoms with van der Waals surface area (Å²) in [4.78, 5) is 24.0. The monoisotopic (exact) mass is 415 g/mol. The smallest absolute Gasteiger partial charge is 0.311 e. The van der Waals surface area contributed by atoms with Gasteiger partial charge in [-0.1, -0.05) is 36.2 Å². The third kappa shape index (κ3) is 6.20. The first-order valence-corrected chi connectivity index (χ1v) is 9.73. The molecule has 0 aliphatic heterocycles. The van der Waals surface area contributed by atoms with Crippen LogP contribution in [0.25, 0.3) is 0 Å². The van der Waals surface area contributed by atoms with Crippen LogP contribution in [-0.2, 0) is 25.5 Å². The maximum absolute atomic E-state index is 12.0. The molecule has 0 unspecified atom stereocenters. The van der Waals surface area contributed by atoms with E-state index in [1.165, 1.54) is 11.3 Å². The van der Waals surface area contributed by atoms with Crippen LogP contribution < -0.4 is 5.32 Å². The van der Waals surface area contributed by atoms with Crippen LogP contribution in [0.3, 0.4) is 0 Å². The SMILES string of the molecule is CCCC(=O)OCCOC(=O)Cc1sccc1Nc1cccc(Cl)c1Cl. The molecule has 0 fully saturated rings. The highest BCUT2D eigenvalue weighted by Crippen LogP contribution is 2.34. The van der Waals surface area contributed by atoms with Crippen molar-refractivity contribution in [2.24, 2.45) is 0 Å². The number of hydrogen-bond acceptors (Lipinski definition) is 6. The number of carbonyl (C=O) groups excluding carboxylic acids is 2. The summed E-state index contributed by atoms with van der Waals surface area (Å²) in [5.74, 6) is -0.675. The molecule has 0 radical (unpaired) electrons. The minimum absolute atomic E-state index is 0.0442. The molecule has 8 heteroatoms.